The van der Waals surface area contributed by atoms with E-state index < -0.39 is 0 Å². The molecule has 1 saturated heterocycles. The third-order valence-corrected chi connectivity index (χ3v) is 3.88. The molecule has 0 aromatic carbocycles. The van der Waals surface area contributed by atoms with Crippen LogP contribution in [0.15, 0.2) is 0 Å². The summed E-state index contributed by atoms with van der Waals surface area (Å²) in [7, 11) is 1.49. The molecule has 2 aliphatic rings. The summed E-state index contributed by atoms with van der Waals surface area (Å²) in [6.45, 7) is 3.75. The predicted molar refractivity (Wildman–Crippen MR) is 51.8 cm³/mol. The van der Waals surface area contributed by atoms with E-state index in [1.54, 1.807) is 0 Å². The van der Waals surface area contributed by atoms with Crippen LogP contribution in [0.2, 0.25) is 0 Å². The first-order chi connectivity index (χ1) is 6.71. The molecule has 0 aromatic rings. The third kappa shape index (κ3) is 1.34. The van der Waals surface area contributed by atoms with Crippen LogP contribution in [-0.4, -0.2) is 26.3 Å². The summed E-state index contributed by atoms with van der Waals surface area (Å²) < 4.78 is 10.2. The highest BCUT2D eigenvalue weighted by molar-refractivity contribution is 5.80. The quantitative estimate of drug-likeness (QED) is 0.632. The van der Waals surface area contributed by atoms with Gasteiger partial charge in [0.05, 0.1) is 12.5 Å². The number of methoxy groups -OCH3 is 1. The van der Waals surface area contributed by atoms with E-state index in [-0.39, 0.29) is 11.4 Å². The summed E-state index contributed by atoms with van der Waals surface area (Å²) in [5.74, 6) is 0.980. The molecule has 0 aromatic heterocycles. The Labute approximate surface area is 84.8 Å². The summed E-state index contributed by atoms with van der Waals surface area (Å²) in [6.07, 6.45) is 3.03. The van der Waals surface area contributed by atoms with Crippen LogP contribution in [0.1, 0.15) is 26.2 Å². The topological polar surface area (TPSA) is 35.5 Å². The van der Waals surface area contributed by atoms with Crippen molar-refractivity contribution in [3.63, 3.8) is 0 Å². The van der Waals surface area contributed by atoms with Gasteiger partial charge in [-0.05, 0) is 31.1 Å². The molecule has 3 heteroatoms. The van der Waals surface area contributed by atoms with E-state index in [2.05, 4.69) is 6.92 Å². The van der Waals surface area contributed by atoms with Crippen LogP contribution in [0.25, 0.3) is 0 Å². The lowest BCUT2D eigenvalue weighted by atomic mass is 9.81. The van der Waals surface area contributed by atoms with E-state index in [0.717, 1.165) is 32.5 Å². The van der Waals surface area contributed by atoms with E-state index in [1.165, 1.54) is 7.11 Å². The molecule has 3 nitrogen and oxygen atoms in total. The molecule has 2 unspecified atom stereocenters. The van der Waals surface area contributed by atoms with Crippen molar-refractivity contribution >= 4 is 5.97 Å². The first-order valence-corrected chi connectivity index (χ1v) is 5.38. The van der Waals surface area contributed by atoms with Crippen LogP contribution in [-0.2, 0) is 14.3 Å². The molecule has 1 heterocycles. The lowest BCUT2D eigenvalue weighted by Crippen LogP contribution is -2.32. The molecule has 2 atom stereocenters. The second-order valence-corrected chi connectivity index (χ2v) is 4.52. The van der Waals surface area contributed by atoms with Crippen LogP contribution >= 0.6 is 0 Å². The Hall–Kier alpha value is -0.570. The van der Waals surface area contributed by atoms with Crippen LogP contribution in [0, 0.1) is 17.3 Å². The van der Waals surface area contributed by atoms with Crippen LogP contribution in [0.5, 0.6) is 0 Å². The van der Waals surface area contributed by atoms with Gasteiger partial charge in [-0.25, -0.2) is 0 Å². The minimum Gasteiger partial charge on any atom is -0.469 e. The lowest BCUT2D eigenvalue weighted by Gasteiger charge is -2.29. The van der Waals surface area contributed by atoms with Crippen molar-refractivity contribution in [2.24, 2.45) is 17.3 Å². The molecule has 80 valence electrons. The summed E-state index contributed by atoms with van der Waals surface area (Å²) in [5.41, 5.74) is -0.154. The molecule has 1 aliphatic heterocycles. The molecule has 1 aliphatic carbocycles. The minimum absolute atomic E-state index is 0.00287. The normalized spacial score (nSPS) is 38.0. The zero-order valence-electron chi connectivity index (χ0n) is 8.91. The summed E-state index contributed by atoms with van der Waals surface area (Å²) in [5, 5.41) is 0. The number of hydrogen-bond donors (Lipinski definition) is 0. The third-order valence-electron chi connectivity index (χ3n) is 3.88. The van der Waals surface area contributed by atoms with Gasteiger partial charge in [0, 0.05) is 13.2 Å². The van der Waals surface area contributed by atoms with E-state index >= 15 is 0 Å². The molecule has 0 bridgehead atoms. The largest absolute Gasteiger partial charge is 0.469 e. The maximum Gasteiger partial charge on any atom is 0.312 e. The van der Waals surface area contributed by atoms with Crippen LogP contribution < -0.4 is 0 Å². The summed E-state index contributed by atoms with van der Waals surface area (Å²) in [4.78, 5) is 11.7. The predicted octanol–water partition coefficient (Wildman–Crippen LogP) is 1.61. The van der Waals surface area contributed by atoms with Gasteiger partial charge in [0.25, 0.3) is 0 Å². The average molecular weight is 198 g/mol. The van der Waals surface area contributed by atoms with Crippen molar-refractivity contribution in [3.05, 3.63) is 0 Å². The van der Waals surface area contributed by atoms with Crippen LogP contribution in [0.3, 0.4) is 0 Å². The number of rotatable bonds is 2. The number of esters is 1. The fourth-order valence-corrected chi connectivity index (χ4v) is 2.87. The molecular formula is C11H18O3. The van der Waals surface area contributed by atoms with Gasteiger partial charge in [-0.15, -0.1) is 0 Å². The highest BCUT2D eigenvalue weighted by Gasteiger charge is 2.62. The second-order valence-electron chi connectivity index (χ2n) is 4.52. The molecule has 14 heavy (non-hydrogen) atoms. The van der Waals surface area contributed by atoms with E-state index in [1.807, 2.05) is 0 Å². The van der Waals surface area contributed by atoms with Crippen molar-refractivity contribution in [2.75, 3.05) is 20.3 Å². The SMILES string of the molecule is COC(=O)C1(C2CCOCC2)CC1C. The van der Waals surface area contributed by atoms with E-state index in [9.17, 15) is 4.79 Å². The molecule has 1 saturated carbocycles. The Balaban J connectivity index is 2.08. The minimum atomic E-state index is -0.154. The molecule has 2 fully saturated rings. The lowest BCUT2D eigenvalue weighted by molar-refractivity contribution is -0.151. The van der Waals surface area contributed by atoms with Crippen molar-refractivity contribution in [3.8, 4) is 0 Å². The van der Waals surface area contributed by atoms with Gasteiger partial charge in [0.15, 0.2) is 0 Å². The zero-order chi connectivity index (χ0) is 10.2. The van der Waals surface area contributed by atoms with Gasteiger partial charge in [0.1, 0.15) is 0 Å². The van der Waals surface area contributed by atoms with E-state index in [0.29, 0.717) is 11.8 Å². The smallest absolute Gasteiger partial charge is 0.312 e. The first-order valence-electron chi connectivity index (χ1n) is 5.38. The molecule has 0 spiro atoms. The highest BCUT2D eigenvalue weighted by Crippen LogP contribution is 2.60. The monoisotopic (exact) mass is 198 g/mol. The summed E-state index contributed by atoms with van der Waals surface area (Å²) in [6, 6.07) is 0. The number of ether oxygens (including phenoxy) is 2. The van der Waals surface area contributed by atoms with Crippen molar-refractivity contribution in [1.82, 2.24) is 0 Å². The number of carbonyl (C=O) groups excluding carboxylic acids is 1. The molecule has 2 rings (SSSR count). The van der Waals surface area contributed by atoms with Crippen molar-refractivity contribution < 1.29 is 14.3 Å². The maximum atomic E-state index is 11.7. The maximum absolute atomic E-state index is 11.7. The van der Waals surface area contributed by atoms with E-state index in [4.69, 9.17) is 9.47 Å². The Morgan fingerprint density at radius 2 is 2.00 bits per heavy atom. The van der Waals surface area contributed by atoms with Gasteiger partial charge in [-0.1, -0.05) is 6.92 Å². The van der Waals surface area contributed by atoms with Gasteiger partial charge in [-0.2, -0.15) is 0 Å². The summed E-state index contributed by atoms with van der Waals surface area (Å²) >= 11 is 0. The zero-order valence-corrected chi connectivity index (χ0v) is 8.91. The van der Waals surface area contributed by atoms with Gasteiger partial charge >= 0.3 is 5.97 Å². The molecule has 0 radical (unpaired) electrons. The fraction of sp³-hybridized carbons (Fsp3) is 0.909. The van der Waals surface area contributed by atoms with Gasteiger partial charge in [0.2, 0.25) is 0 Å². The standard InChI is InChI=1S/C11H18O3/c1-8-7-11(8,10(12)13-2)9-3-5-14-6-4-9/h8-9H,3-7H2,1-2H3. The van der Waals surface area contributed by atoms with Gasteiger partial charge in [-0.3, -0.25) is 4.79 Å². The van der Waals surface area contributed by atoms with Gasteiger partial charge < -0.3 is 9.47 Å². The fourth-order valence-electron chi connectivity index (χ4n) is 2.87. The average Bonchev–Trinajstić information content (AvgIpc) is 2.92. The van der Waals surface area contributed by atoms with Crippen molar-refractivity contribution in [1.29, 1.82) is 0 Å². The first kappa shape index (κ1) is 9.97. The Morgan fingerprint density at radius 1 is 1.43 bits per heavy atom. The number of hydrogen-bond acceptors (Lipinski definition) is 3. The highest BCUT2D eigenvalue weighted by atomic mass is 16.5. The Bertz CT molecular complexity index is 233. The Morgan fingerprint density at radius 3 is 2.43 bits per heavy atom. The molecular weight excluding hydrogens is 180 g/mol. The molecule has 0 N–H and O–H groups in total. The number of carbonyl (C=O) groups is 1. The Kier molecular flexibility index (Phi) is 2.52. The van der Waals surface area contributed by atoms with Crippen LogP contribution in [0.4, 0.5) is 0 Å². The second kappa shape index (κ2) is 3.54. The van der Waals surface area contributed by atoms with Crippen molar-refractivity contribution in [2.45, 2.75) is 26.2 Å². The molecule has 0 amide bonds.